The molecule has 11 heavy (non-hydrogen) atoms. The summed E-state index contributed by atoms with van der Waals surface area (Å²) in [6, 6.07) is 0. The van der Waals surface area contributed by atoms with Crippen LogP contribution in [0.2, 0.25) is 0 Å². The highest BCUT2D eigenvalue weighted by molar-refractivity contribution is 5.75. The number of rotatable bonds is 3. The highest BCUT2D eigenvalue weighted by atomic mass is 16.1. The normalized spacial score (nSPS) is 29.5. The molecule has 0 radical (unpaired) electrons. The van der Waals surface area contributed by atoms with Gasteiger partial charge in [-0.15, -0.1) is 0 Å². The van der Waals surface area contributed by atoms with Gasteiger partial charge in [-0.05, 0) is 13.3 Å². The van der Waals surface area contributed by atoms with Gasteiger partial charge in [-0.25, -0.2) is 0 Å². The van der Waals surface area contributed by atoms with Crippen LogP contribution in [-0.4, -0.2) is 29.6 Å². The Hall–Kier alpha value is -0.860. The van der Waals surface area contributed by atoms with Gasteiger partial charge in [-0.1, -0.05) is 6.92 Å². The lowest BCUT2D eigenvalue weighted by molar-refractivity contribution is -0.117. The van der Waals surface area contributed by atoms with Gasteiger partial charge in [0.15, 0.2) is 0 Å². The Morgan fingerprint density at radius 3 is 2.82 bits per heavy atom. The summed E-state index contributed by atoms with van der Waals surface area (Å²) >= 11 is 0. The molecule has 1 rings (SSSR count). The molecule has 3 heteroatoms. The summed E-state index contributed by atoms with van der Waals surface area (Å²) in [5, 5.41) is 5.99. The van der Waals surface area contributed by atoms with Gasteiger partial charge in [-0.3, -0.25) is 5.01 Å². The Morgan fingerprint density at radius 2 is 2.45 bits per heavy atom. The second kappa shape index (κ2) is 3.03. The summed E-state index contributed by atoms with van der Waals surface area (Å²) in [7, 11) is 0. The third-order valence-electron chi connectivity index (χ3n) is 2.31. The van der Waals surface area contributed by atoms with Crippen LogP contribution in [0.3, 0.4) is 0 Å². The van der Waals surface area contributed by atoms with E-state index in [9.17, 15) is 4.79 Å². The van der Waals surface area contributed by atoms with E-state index in [2.05, 4.69) is 5.10 Å². The minimum absolute atomic E-state index is 0.325. The molecular weight excluding hydrogens is 140 g/mol. The fourth-order valence-electron chi connectivity index (χ4n) is 1.43. The van der Waals surface area contributed by atoms with E-state index < -0.39 is 0 Å². The first-order chi connectivity index (χ1) is 5.29. The van der Waals surface area contributed by atoms with Crippen molar-refractivity contribution in [1.82, 2.24) is 5.01 Å². The van der Waals surface area contributed by atoms with Crippen molar-refractivity contribution in [2.45, 2.75) is 32.2 Å². The number of hydrazone groups is 1. The smallest absolute Gasteiger partial charge is 0.147 e. The van der Waals surface area contributed by atoms with E-state index in [0.29, 0.717) is 0 Å². The maximum atomic E-state index is 10.8. The summed E-state index contributed by atoms with van der Waals surface area (Å²) in [5.74, 6) is 0. The van der Waals surface area contributed by atoms with Crippen LogP contribution in [0, 0.1) is 0 Å². The molecule has 1 aliphatic rings. The summed E-state index contributed by atoms with van der Waals surface area (Å²) in [6.07, 6.45) is 4.44. The van der Waals surface area contributed by atoms with Crippen molar-refractivity contribution in [2.24, 2.45) is 5.10 Å². The van der Waals surface area contributed by atoms with Crippen LogP contribution in [0.25, 0.3) is 0 Å². The molecule has 0 N–H and O–H groups in total. The van der Waals surface area contributed by atoms with E-state index in [0.717, 1.165) is 25.7 Å². The predicted octanol–water partition coefficient (Wildman–Crippen LogP) is 1.05. The third-order valence-corrected chi connectivity index (χ3v) is 2.31. The zero-order chi connectivity index (χ0) is 8.32. The predicted molar refractivity (Wildman–Crippen MR) is 44.6 cm³/mol. The van der Waals surface area contributed by atoms with Gasteiger partial charge in [0.05, 0.1) is 0 Å². The van der Waals surface area contributed by atoms with E-state index in [4.69, 9.17) is 0 Å². The molecule has 1 aliphatic heterocycles. The molecular formula is C8H14N2O. The highest BCUT2D eigenvalue weighted by Gasteiger charge is 2.35. The third kappa shape index (κ3) is 1.15. The summed E-state index contributed by atoms with van der Waals surface area (Å²) < 4.78 is 0. The molecule has 0 bridgehead atoms. The van der Waals surface area contributed by atoms with Crippen molar-refractivity contribution in [2.75, 3.05) is 6.54 Å². The Morgan fingerprint density at radius 1 is 1.73 bits per heavy atom. The number of carbonyl (C=O) groups is 1. The molecule has 1 atom stereocenters. The van der Waals surface area contributed by atoms with Gasteiger partial charge >= 0.3 is 0 Å². The zero-order valence-electron chi connectivity index (χ0n) is 7.08. The monoisotopic (exact) mass is 154 g/mol. The van der Waals surface area contributed by atoms with Crippen LogP contribution in [0.5, 0.6) is 0 Å². The molecule has 0 saturated heterocycles. The summed E-state index contributed by atoms with van der Waals surface area (Å²) in [5.41, 5.74) is -0.325. The van der Waals surface area contributed by atoms with E-state index in [1.165, 1.54) is 0 Å². The van der Waals surface area contributed by atoms with Crippen LogP contribution in [0.1, 0.15) is 26.7 Å². The summed E-state index contributed by atoms with van der Waals surface area (Å²) in [6.45, 7) is 4.84. The summed E-state index contributed by atoms with van der Waals surface area (Å²) in [4.78, 5) is 10.8. The molecule has 0 amide bonds. The number of nitrogens with zero attached hydrogens (tertiary/aromatic N) is 2. The second-order valence-corrected chi connectivity index (χ2v) is 2.79. The van der Waals surface area contributed by atoms with Gasteiger partial charge in [0.1, 0.15) is 11.8 Å². The van der Waals surface area contributed by atoms with Gasteiger partial charge in [-0.2, -0.15) is 5.10 Å². The maximum Gasteiger partial charge on any atom is 0.147 e. The fourth-order valence-corrected chi connectivity index (χ4v) is 1.43. The van der Waals surface area contributed by atoms with Crippen molar-refractivity contribution in [3.05, 3.63) is 0 Å². The van der Waals surface area contributed by atoms with Crippen LogP contribution in [-0.2, 0) is 4.79 Å². The zero-order valence-corrected chi connectivity index (χ0v) is 7.08. The van der Waals surface area contributed by atoms with Gasteiger partial charge in [0.2, 0.25) is 0 Å². The minimum atomic E-state index is -0.325. The lowest BCUT2D eigenvalue weighted by Crippen LogP contribution is -2.43. The van der Waals surface area contributed by atoms with E-state index in [-0.39, 0.29) is 5.54 Å². The van der Waals surface area contributed by atoms with Crippen LogP contribution < -0.4 is 0 Å². The van der Waals surface area contributed by atoms with Gasteiger partial charge < -0.3 is 4.79 Å². The Bertz CT molecular complexity index is 179. The number of likely N-dealkylation sites (N-methyl/N-ethyl adjacent to an activating group) is 1. The Balaban J connectivity index is 2.76. The topological polar surface area (TPSA) is 32.7 Å². The van der Waals surface area contributed by atoms with Crippen LogP contribution >= 0.6 is 0 Å². The van der Waals surface area contributed by atoms with E-state index in [1.807, 2.05) is 25.1 Å². The minimum Gasteiger partial charge on any atom is -0.301 e. The molecule has 0 aromatic heterocycles. The van der Waals surface area contributed by atoms with Crippen molar-refractivity contribution < 1.29 is 4.79 Å². The molecule has 0 aliphatic carbocycles. The quantitative estimate of drug-likeness (QED) is 0.569. The molecule has 1 heterocycles. The molecule has 3 nitrogen and oxygen atoms in total. The molecule has 0 saturated carbocycles. The lowest BCUT2D eigenvalue weighted by atomic mass is 9.95. The molecule has 0 spiro atoms. The average molecular weight is 154 g/mol. The second-order valence-electron chi connectivity index (χ2n) is 2.79. The Labute approximate surface area is 67.1 Å². The standard InChI is InChI=1S/C8H14N2O/c1-3-8(7-11)5-6-9-10(8)4-2/h6-7H,3-5H2,1-2H3. The van der Waals surface area contributed by atoms with Gasteiger partial charge in [0.25, 0.3) is 0 Å². The average Bonchev–Trinajstić information content (AvgIpc) is 2.47. The highest BCUT2D eigenvalue weighted by Crippen LogP contribution is 2.25. The van der Waals surface area contributed by atoms with Crippen LogP contribution in [0.4, 0.5) is 0 Å². The van der Waals surface area contributed by atoms with E-state index in [1.54, 1.807) is 0 Å². The number of hydrogen-bond donors (Lipinski definition) is 0. The molecule has 0 aromatic rings. The number of carbonyl (C=O) groups excluding carboxylic acids is 1. The van der Waals surface area contributed by atoms with Crippen molar-refractivity contribution >= 4 is 12.5 Å². The molecule has 0 fully saturated rings. The van der Waals surface area contributed by atoms with Crippen molar-refractivity contribution in [3.8, 4) is 0 Å². The maximum absolute atomic E-state index is 10.8. The lowest BCUT2D eigenvalue weighted by Gasteiger charge is -2.30. The number of aldehydes is 1. The first kappa shape index (κ1) is 8.24. The SMILES string of the molecule is CCN1N=CCC1(C=O)CC. The largest absolute Gasteiger partial charge is 0.301 e. The van der Waals surface area contributed by atoms with Crippen molar-refractivity contribution in [1.29, 1.82) is 0 Å². The molecule has 0 aromatic carbocycles. The van der Waals surface area contributed by atoms with Gasteiger partial charge in [0, 0.05) is 19.2 Å². The van der Waals surface area contributed by atoms with Crippen molar-refractivity contribution in [3.63, 3.8) is 0 Å². The molecule has 1 unspecified atom stereocenters. The van der Waals surface area contributed by atoms with E-state index >= 15 is 0 Å². The molecule has 62 valence electrons. The first-order valence-electron chi connectivity index (χ1n) is 4.05. The van der Waals surface area contributed by atoms with Crippen LogP contribution in [0.15, 0.2) is 5.10 Å². The first-order valence-corrected chi connectivity index (χ1v) is 4.05. The Kier molecular flexibility index (Phi) is 2.27. The fraction of sp³-hybridized carbons (Fsp3) is 0.750. The number of hydrogen-bond acceptors (Lipinski definition) is 3.